The highest BCUT2D eigenvalue weighted by atomic mass is 35.5. The van der Waals surface area contributed by atoms with E-state index in [4.69, 9.17) is 21.4 Å². The van der Waals surface area contributed by atoms with Crippen LogP contribution in [0.15, 0.2) is 18.2 Å². The first-order valence-corrected chi connectivity index (χ1v) is 7.12. The first kappa shape index (κ1) is 15.8. The lowest BCUT2D eigenvalue weighted by Gasteiger charge is -2.17. The second kappa shape index (κ2) is 8.05. The molecule has 0 saturated heterocycles. The summed E-state index contributed by atoms with van der Waals surface area (Å²) in [6.45, 7) is 4.79. The molecular formula is C15H21ClO3. The summed E-state index contributed by atoms with van der Waals surface area (Å²) in [6, 6.07) is 4.78. The molecule has 3 nitrogen and oxygen atoms in total. The Morgan fingerprint density at radius 1 is 1.42 bits per heavy atom. The number of para-hydroxylation sites is 1. The van der Waals surface area contributed by atoms with Gasteiger partial charge in [-0.1, -0.05) is 50.8 Å². The van der Waals surface area contributed by atoms with E-state index in [-0.39, 0.29) is 11.3 Å². The van der Waals surface area contributed by atoms with Gasteiger partial charge in [0.2, 0.25) is 0 Å². The van der Waals surface area contributed by atoms with Crippen LogP contribution in [0.3, 0.4) is 0 Å². The van der Waals surface area contributed by atoms with Gasteiger partial charge in [0.05, 0.1) is 11.6 Å². The van der Waals surface area contributed by atoms with E-state index in [1.54, 1.807) is 12.1 Å². The van der Waals surface area contributed by atoms with Crippen LogP contribution >= 0.6 is 11.6 Å². The highest BCUT2D eigenvalue weighted by Gasteiger charge is 2.16. The molecule has 0 heterocycles. The molecule has 1 aromatic rings. The van der Waals surface area contributed by atoms with Crippen LogP contribution in [0.5, 0.6) is 5.75 Å². The highest BCUT2D eigenvalue weighted by Crippen LogP contribution is 2.29. The van der Waals surface area contributed by atoms with E-state index in [9.17, 15) is 4.79 Å². The van der Waals surface area contributed by atoms with E-state index in [0.29, 0.717) is 17.5 Å². The zero-order chi connectivity index (χ0) is 14.3. The van der Waals surface area contributed by atoms with Crippen molar-refractivity contribution in [2.75, 3.05) is 6.61 Å². The number of unbranched alkanes of at least 4 members (excludes halogenated alkanes) is 1. The molecule has 19 heavy (non-hydrogen) atoms. The Kier molecular flexibility index (Phi) is 6.71. The maximum absolute atomic E-state index is 11.1. The van der Waals surface area contributed by atoms with E-state index in [0.717, 1.165) is 25.7 Å². The van der Waals surface area contributed by atoms with E-state index in [1.807, 2.05) is 0 Å². The van der Waals surface area contributed by atoms with Crippen LogP contribution in [0.25, 0.3) is 0 Å². The maximum atomic E-state index is 11.1. The van der Waals surface area contributed by atoms with Gasteiger partial charge in [-0.25, -0.2) is 4.79 Å². The van der Waals surface area contributed by atoms with Gasteiger partial charge >= 0.3 is 5.97 Å². The van der Waals surface area contributed by atoms with E-state index >= 15 is 0 Å². The number of ether oxygens (including phenoxy) is 1. The van der Waals surface area contributed by atoms with Crippen LogP contribution in [0.1, 0.15) is 49.9 Å². The first-order valence-electron chi connectivity index (χ1n) is 6.74. The van der Waals surface area contributed by atoms with Crippen molar-refractivity contribution in [3.63, 3.8) is 0 Å². The van der Waals surface area contributed by atoms with Crippen molar-refractivity contribution in [2.45, 2.75) is 39.5 Å². The number of benzene rings is 1. The zero-order valence-corrected chi connectivity index (χ0v) is 12.2. The number of aromatic carboxylic acids is 1. The van der Waals surface area contributed by atoms with Crippen LogP contribution in [-0.4, -0.2) is 17.7 Å². The summed E-state index contributed by atoms with van der Waals surface area (Å²) in [5, 5.41) is 9.47. The van der Waals surface area contributed by atoms with Crippen molar-refractivity contribution in [3.8, 4) is 5.75 Å². The minimum Gasteiger partial charge on any atom is -0.491 e. The Balaban J connectivity index is 2.73. The van der Waals surface area contributed by atoms with E-state index in [2.05, 4.69) is 13.8 Å². The fourth-order valence-electron chi connectivity index (χ4n) is 1.92. The van der Waals surface area contributed by atoms with Crippen LogP contribution < -0.4 is 4.74 Å². The molecule has 1 unspecified atom stereocenters. The topological polar surface area (TPSA) is 46.5 Å². The van der Waals surface area contributed by atoms with Crippen molar-refractivity contribution in [1.82, 2.24) is 0 Å². The van der Waals surface area contributed by atoms with Crippen LogP contribution in [0.2, 0.25) is 5.02 Å². The lowest BCUT2D eigenvalue weighted by atomic mass is 10.0. The third kappa shape index (κ3) is 4.75. The number of carbonyl (C=O) groups is 1. The molecule has 0 radical (unpaired) electrons. The average molecular weight is 285 g/mol. The highest BCUT2D eigenvalue weighted by molar-refractivity contribution is 6.32. The number of hydrogen-bond acceptors (Lipinski definition) is 2. The van der Waals surface area contributed by atoms with Crippen molar-refractivity contribution < 1.29 is 14.6 Å². The first-order chi connectivity index (χ1) is 9.10. The van der Waals surface area contributed by atoms with Crippen molar-refractivity contribution in [3.05, 3.63) is 28.8 Å². The molecule has 0 amide bonds. The van der Waals surface area contributed by atoms with Gasteiger partial charge in [0, 0.05) is 0 Å². The third-order valence-corrected chi connectivity index (χ3v) is 3.50. The van der Waals surface area contributed by atoms with Gasteiger partial charge in [0.25, 0.3) is 0 Å². The van der Waals surface area contributed by atoms with Gasteiger partial charge in [0.1, 0.15) is 5.56 Å². The summed E-state index contributed by atoms with van der Waals surface area (Å²) >= 11 is 6.02. The fraction of sp³-hybridized carbons (Fsp3) is 0.533. The molecule has 1 aromatic carbocycles. The fourth-order valence-corrected chi connectivity index (χ4v) is 2.15. The predicted molar refractivity (Wildman–Crippen MR) is 77.2 cm³/mol. The second-order valence-electron chi connectivity index (χ2n) is 4.65. The molecule has 1 N–H and O–H groups in total. The quantitative estimate of drug-likeness (QED) is 0.757. The molecule has 106 valence electrons. The third-order valence-electron chi connectivity index (χ3n) is 3.20. The van der Waals surface area contributed by atoms with Crippen LogP contribution in [-0.2, 0) is 0 Å². The van der Waals surface area contributed by atoms with E-state index in [1.165, 1.54) is 6.07 Å². The number of carboxylic acid groups (broad SMARTS) is 1. The van der Waals surface area contributed by atoms with E-state index < -0.39 is 5.97 Å². The molecule has 0 fully saturated rings. The Hall–Kier alpha value is -1.22. The molecule has 1 rings (SSSR count). The molecule has 0 bridgehead atoms. The van der Waals surface area contributed by atoms with Crippen LogP contribution in [0.4, 0.5) is 0 Å². The summed E-state index contributed by atoms with van der Waals surface area (Å²) in [6.07, 6.45) is 4.44. The molecule has 0 aliphatic rings. The van der Waals surface area contributed by atoms with Gasteiger partial charge < -0.3 is 9.84 Å². The van der Waals surface area contributed by atoms with Crippen molar-refractivity contribution in [1.29, 1.82) is 0 Å². The van der Waals surface area contributed by atoms with Gasteiger partial charge in [0.15, 0.2) is 5.75 Å². The minimum atomic E-state index is -1.01. The largest absolute Gasteiger partial charge is 0.491 e. The Morgan fingerprint density at radius 2 is 2.16 bits per heavy atom. The number of hydrogen-bond donors (Lipinski definition) is 1. The van der Waals surface area contributed by atoms with Crippen LogP contribution in [0, 0.1) is 5.92 Å². The molecule has 0 aliphatic heterocycles. The smallest absolute Gasteiger partial charge is 0.339 e. The standard InChI is InChI=1S/C15H21ClO3/c1-3-5-7-11(4-2)10-19-14-12(15(17)18)8-6-9-13(14)16/h6,8-9,11H,3-5,7,10H2,1-2H3,(H,17,18). The summed E-state index contributed by atoms with van der Waals surface area (Å²) in [5.41, 5.74) is 0.123. The normalized spacial score (nSPS) is 12.2. The molecule has 0 aromatic heterocycles. The second-order valence-corrected chi connectivity index (χ2v) is 5.06. The number of halogens is 1. The SMILES string of the molecule is CCCCC(CC)COc1c(Cl)cccc1C(=O)O. The minimum absolute atomic E-state index is 0.123. The number of carboxylic acids is 1. The van der Waals surface area contributed by atoms with Crippen molar-refractivity contribution in [2.24, 2.45) is 5.92 Å². The van der Waals surface area contributed by atoms with Gasteiger partial charge in [-0.05, 0) is 24.5 Å². The molecule has 4 heteroatoms. The Bertz CT molecular complexity index is 418. The predicted octanol–water partition coefficient (Wildman–Crippen LogP) is 4.63. The summed E-state index contributed by atoms with van der Waals surface area (Å²) < 4.78 is 5.67. The van der Waals surface area contributed by atoms with Crippen molar-refractivity contribution >= 4 is 17.6 Å². The molecule has 1 atom stereocenters. The Labute approximate surface area is 119 Å². The van der Waals surface area contributed by atoms with Gasteiger partial charge in [-0.15, -0.1) is 0 Å². The summed E-state index contributed by atoms with van der Waals surface area (Å²) in [4.78, 5) is 11.1. The molecular weight excluding hydrogens is 264 g/mol. The summed E-state index contributed by atoms with van der Waals surface area (Å²) in [5.74, 6) is -0.288. The van der Waals surface area contributed by atoms with Gasteiger partial charge in [-0.3, -0.25) is 0 Å². The lowest BCUT2D eigenvalue weighted by Crippen LogP contribution is -2.13. The molecule has 0 aliphatic carbocycles. The molecule has 0 spiro atoms. The average Bonchev–Trinajstić information content (AvgIpc) is 2.40. The number of rotatable bonds is 8. The van der Waals surface area contributed by atoms with Gasteiger partial charge in [-0.2, -0.15) is 0 Å². The zero-order valence-electron chi connectivity index (χ0n) is 11.5. The Morgan fingerprint density at radius 3 is 2.74 bits per heavy atom. The maximum Gasteiger partial charge on any atom is 0.339 e. The summed E-state index contributed by atoms with van der Waals surface area (Å²) in [7, 11) is 0. The molecule has 0 saturated carbocycles. The monoisotopic (exact) mass is 284 g/mol. The lowest BCUT2D eigenvalue weighted by molar-refractivity contribution is 0.0691.